The fraction of sp³-hybridized carbons (Fsp3) is 0.381. The fourth-order valence-electron chi connectivity index (χ4n) is 3.59. The zero-order valence-electron chi connectivity index (χ0n) is 15.4. The minimum Gasteiger partial charge on any atom is -0.349 e. The van der Waals surface area contributed by atoms with E-state index in [1.54, 1.807) is 24.2 Å². The van der Waals surface area contributed by atoms with Crippen molar-refractivity contribution in [2.45, 2.75) is 49.6 Å². The standard InChI is InChI=1S/C21H24N4OS/c1-14-4-2-3-5-17(14)23-20(26)16-8-6-15(7-9-16)13-27-21-24-18-10-11-22-12-19(18)25-21/h6-12,14,17H,2-5,13H2,1H3,(H,23,26)(H,24,25)/t14-,17+/m0/s1. The van der Waals surface area contributed by atoms with E-state index in [1.165, 1.54) is 24.8 Å². The number of pyridine rings is 1. The van der Waals surface area contributed by atoms with Crippen LogP contribution >= 0.6 is 11.8 Å². The molecular formula is C21H24N4OS. The summed E-state index contributed by atoms with van der Waals surface area (Å²) < 4.78 is 0. The first-order valence-corrected chi connectivity index (χ1v) is 10.5. The van der Waals surface area contributed by atoms with Crippen molar-refractivity contribution in [3.8, 4) is 0 Å². The third kappa shape index (κ3) is 4.33. The van der Waals surface area contributed by atoms with E-state index >= 15 is 0 Å². The lowest BCUT2D eigenvalue weighted by molar-refractivity contribution is 0.0910. The number of benzene rings is 1. The van der Waals surface area contributed by atoms with Gasteiger partial charge in [-0.2, -0.15) is 0 Å². The van der Waals surface area contributed by atoms with E-state index in [0.717, 1.165) is 33.9 Å². The molecule has 1 aliphatic rings. The summed E-state index contributed by atoms with van der Waals surface area (Å²) in [6.07, 6.45) is 8.32. The Morgan fingerprint density at radius 1 is 1.22 bits per heavy atom. The number of nitrogens with zero attached hydrogens (tertiary/aromatic N) is 2. The second-order valence-electron chi connectivity index (χ2n) is 7.26. The maximum absolute atomic E-state index is 12.5. The molecule has 2 heterocycles. The van der Waals surface area contributed by atoms with Crippen molar-refractivity contribution in [2.75, 3.05) is 0 Å². The number of thioether (sulfide) groups is 1. The number of amides is 1. The maximum Gasteiger partial charge on any atom is 0.251 e. The molecule has 0 saturated heterocycles. The van der Waals surface area contributed by atoms with Crippen LogP contribution in [0.4, 0.5) is 0 Å². The van der Waals surface area contributed by atoms with Crippen molar-refractivity contribution in [1.29, 1.82) is 0 Å². The van der Waals surface area contributed by atoms with Gasteiger partial charge in [-0.15, -0.1) is 0 Å². The second-order valence-corrected chi connectivity index (χ2v) is 8.23. The van der Waals surface area contributed by atoms with Crippen molar-refractivity contribution in [1.82, 2.24) is 20.3 Å². The number of hydrogen-bond acceptors (Lipinski definition) is 4. The molecule has 1 aliphatic carbocycles. The Kier molecular flexibility index (Phi) is 5.43. The van der Waals surface area contributed by atoms with Gasteiger partial charge in [0, 0.05) is 23.6 Å². The van der Waals surface area contributed by atoms with Crippen molar-refractivity contribution in [2.24, 2.45) is 5.92 Å². The number of rotatable bonds is 5. The highest BCUT2D eigenvalue weighted by molar-refractivity contribution is 7.98. The molecule has 1 fully saturated rings. The highest BCUT2D eigenvalue weighted by atomic mass is 32.2. The molecule has 3 aromatic rings. The Labute approximate surface area is 163 Å². The number of aromatic amines is 1. The van der Waals surface area contributed by atoms with E-state index in [1.807, 2.05) is 30.3 Å². The van der Waals surface area contributed by atoms with Crippen LogP contribution in [0, 0.1) is 5.92 Å². The van der Waals surface area contributed by atoms with Crippen LogP contribution in [0.15, 0.2) is 47.9 Å². The quantitative estimate of drug-likeness (QED) is 0.637. The smallest absolute Gasteiger partial charge is 0.251 e. The van der Waals surface area contributed by atoms with Crippen molar-refractivity contribution < 1.29 is 4.79 Å². The Balaban J connectivity index is 1.34. The zero-order valence-corrected chi connectivity index (χ0v) is 16.3. The SMILES string of the molecule is C[C@H]1CCCC[C@H]1NC(=O)c1ccc(CSc2nc3ccncc3[nH]2)cc1. The van der Waals surface area contributed by atoms with Gasteiger partial charge in [0.05, 0.1) is 17.2 Å². The average Bonchev–Trinajstić information content (AvgIpc) is 3.11. The Morgan fingerprint density at radius 3 is 2.81 bits per heavy atom. The number of nitrogens with one attached hydrogen (secondary N) is 2. The molecule has 6 heteroatoms. The van der Waals surface area contributed by atoms with Crippen LogP contribution < -0.4 is 5.32 Å². The van der Waals surface area contributed by atoms with E-state index < -0.39 is 0 Å². The second kappa shape index (κ2) is 8.13. The number of H-pyrrole nitrogens is 1. The van der Waals surface area contributed by atoms with Crippen LogP contribution in [0.1, 0.15) is 48.5 Å². The molecule has 0 radical (unpaired) electrons. The first-order chi connectivity index (χ1) is 13.2. The molecule has 2 atom stereocenters. The van der Waals surface area contributed by atoms with Gasteiger partial charge in [0.2, 0.25) is 0 Å². The lowest BCUT2D eigenvalue weighted by Crippen LogP contribution is -2.41. The average molecular weight is 381 g/mol. The molecule has 5 nitrogen and oxygen atoms in total. The van der Waals surface area contributed by atoms with Crippen molar-refractivity contribution >= 4 is 28.7 Å². The topological polar surface area (TPSA) is 70.7 Å². The summed E-state index contributed by atoms with van der Waals surface area (Å²) in [6.45, 7) is 2.23. The lowest BCUT2D eigenvalue weighted by Gasteiger charge is -2.29. The van der Waals surface area contributed by atoms with Crippen LogP contribution in [0.2, 0.25) is 0 Å². The molecule has 27 heavy (non-hydrogen) atoms. The minimum absolute atomic E-state index is 0.0396. The van der Waals surface area contributed by atoms with Gasteiger partial charge in [-0.05, 0) is 42.5 Å². The minimum atomic E-state index is 0.0396. The van der Waals surface area contributed by atoms with Crippen LogP contribution in [0.3, 0.4) is 0 Å². The molecule has 0 aliphatic heterocycles. The van der Waals surface area contributed by atoms with Crippen LogP contribution in [-0.4, -0.2) is 26.9 Å². The van der Waals surface area contributed by atoms with Gasteiger partial charge in [-0.3, -0.25) is 9.78 Å². The molecule has 1 saturated carbocycles. The predicted molar refractivity (Wildman–Crippen MR) is 109 cm³/mol. The molecule has 2 aromatic heterocycles. The summed E-state index contributed by atoms with van der Waals surface area (Å²) in [7, 11) is 0. The van der Waals surface area contributed by atoms with Gasteiger partial charge in [0.15, 0.2) is 5.16 Å². The summed E-state index contributed by atoms with van der Waals surface area (Å²) >= 11 is 1.65. The van der Waals surface area contributed by atoms with E-state index in [-0.39, 0.29) is 5.91 Å². The van der Waals surface area contributed by atoms with Gasteiger partial charge in [-0.25, -0.2) is 4.98 Å². The predicted octanol–water partition coefficient (Wildman–Crippen LogP) is 4.56. The number of imidazole rings is 1. The normalized spacial score (nSPS) is 19.9. The summed E-state index contributed by atoms with van der Waals surface area (Å²) in [5.41, 5.74) is 3.78. The molecule has 2 N–H and O–H groups in total. The van der Waals surface area contributed by atoms with Crippen molar-refractivity contribution in [3.63, 3.8) is 0 Å². The van der Waals surface area contributed by atoms with Crippen LogP contribution in [0.25, 0.3) is 11.0 Å². The van der Waals surface area contributed by atoms with Crippen LogP contribution in [0.5, 0.6) is 0 Å². The maximum atomic E-state index is 12.5. The molecule has 140 valence electrons. The lowest BCUT2D eigenvalue weighted by atomic mass is 9.86. The highest BCUT2D eigenvalue weighted by Crippen LogP contribution is 2.25. The summed E-state index contributed by atoms with van der Waals surface area (Å²) in [6, 6.07) is 10.1. The van der Waals surface area contributed by atoms with E-state index in [4.69, 9.17) is 0 Å². The Hall–Kier alpha value is -2.34. The highest BCUT2D eigenvalue weighted by Gasteiger charge is 2.23. The molecular weight excluding hydrogens is 356 g/mol. The molecule has 1 amide bonds. The van der Waals surface area contributed by atoms with Gasteiger partial charge in [0.25, 0.3) is 5.91 Å². The Morgan fingerprint density at radius 2 is 2.04 bits per heavy atom. The monoisotopic (exact) mass is 380 g/mol. The fourth-order valence-corrected chi connectivity index (χ4v) is 4.43. The van der Waals surface area contributed by atoms with Crippen molar-refractivity contribution in [3.05, 3.63) is 53.9 Å². The summed E-state index contributed by atoms with van der Waals surface area (Å²) in [5, 5.41) is 4.09. The van der Waals surface area contributed by atoms with Gasteiger partial charge in [0.1, 0.15) is 0 Å². The van der Waals surface area contributed by atoms with Crippen LogP contribution in [-0.2, 0) is 5.75 Å². The molecule has 0 bridgehead atoms. The molecule has 1 aromatic carbocycles. The first-order valence-electron chi connectivity index (χ1n) is 9.51. The third-order valence-corrected chi connectivity index (χ3v) is 6.23. The number of aromatic nitrogens is 3. The number of carbonyl (C=O) groups excluding carboxylic acids is 1. The third-order valence-electron chi connectivity index (χ3n) is 5.28. The van der Waals surface area contributed by atoms with Gasteiger partial charge < -0.3 is 10.3 Å². The number of carbonyl (C=O) groups is 1. The summed E-state index contributed by atoms with van der Waals surface area (Å²) in [5.74, 6) is 1.41. The zero-order chi connectivity index (χ0) is 18.6. The van der Waals surface area contributed by atoms with E-state index in [0.29, 0.717) is 12.0 Å². The van der Waals surface area contributed by atoms with E-state index in [2.05, 4.69) is 27.2 Å². The molecule has 0 unspecified atom stereocenters. The Bertz CT molecular complexity index is 888. The van der Waals surface area contributed by atoms with Gasteiger partial charge >= 0.3 is 0 Å². The largest absolute Gasteiger partial charge is 0.349 e. The van der Waals surface area contributed by atoms with Gasteiger partial charge in [-0.1, -0.05) is 43.7 Å². The first kappa shape index (κ1) is 18.0. The van der Waals surface area contributed by atoms with E-state index in [9.17, 15) is 4.79 Å². The summed E-state index contributed by atoms with van der Waals surface area (Å²) in [4.78, 5) is 24.4. The number of hydrogen-bond donors (Lipinski definition) is 2. The molecule has 4 rings (SSSR count). The number of fused-ring (bicyclic) bond motifs is 1. The molecule has 0 spiro atoms.